The van der Waals surface area contributed by atoms with E-state index in [1.54, 1.807) is 18.2 Å². The van der Waals surface area contributed by atoms with Gasteiger partial charge in [0, 0.05) is 12.1 Å². The summed E-state index contributed by atoms with van der Waals surface area (Å²) in [6.45, 7) is 4.57. The van der Waals surface area contributed by atoms with Crippen molar-refractivity contribution in [3.63, 3.8) is 0 Å². The van der Waals surface area contributed by atoms with Gasteiger partial charge in [-0.2, -0.15) is 0 Å². The van der Waals surface area contributed by atoms with E-state index in [4.69, 9.17) is 18.9 Å². The first-order chi connectivity index (χ1) is 12.5. The maximum Gasteiger partial charge on any atom is 0.331 e. The minimum absolute atomic E-state index is 0.0620. The molecule has 7 heteroatoms. The zero-order chi connectivity index (χ0) is 18.9. The van der Waals surface area contributed by atoms with E-state index in [0.29, 0.717) is 36.0 Å². The van der Waals surface area contributed by atoms with E-state index in [1.807, 2.05) is 13.8 Å². The maximum absolute atomic E-state index is 11.8. The average Bonchev–Trinajstić information content (AvgIpc) is 2.64. The Morgan fingerprint density at radius 2 is 2.08 bits per heavy atom. The second-order valence-corrected chi connectivity index (χ2v) is 5.95. The standard InChI is InChI=1S/C19H25NO6/c1-4-5-13(2)20-17(21)12-26-18(22)7-6-14-10-15(23-3)19-16(11-14)24-8-9-25-19/h6-7,10-11,13H,4-5,8-9,12H2,1-3H3,(H,20,21)/b7-6+/t13-/m1/s1. The second kappa shape index (κ2) is 9.70. The molecule has 1 N–H and O–H groups in total. The molecule has 1 aliphatic rings. The molecule has 0 saturated carbocycles. The highest BCUT2D eigenvalue weighted by Crippen LogP contribution is 2.40. The van der Waals surface area contributed by atoms with Crippen molar-refractivity contribution in [1.29, 1.82) is 0 Å². The van der Waals surface area contributed by atoms with Gasteiger partial charge in [-0.25, -0.2) is 4.79 Å². The lowest BCUT2D eigenvalue weighted by molar-refractivity contribution is -0.144. The molecule has 0 fully saturated rings. The number of rotatable bonds is 8. The van der Waals surface area contributed by atoms with Crippen molar-refractivity contribution in [2.24, 2.45) is 0 Å². The minimum atomic E-state index is -0.600. The SMILES string of the molecule is CCC[C@@H](C)NC(=O)COC(=O)/C=C/c1cc(OC)c2c(c1)OCCO2. The molecule has 142 valence electrons. The van der Waals surface area contributed by atoms with Crippen LogP contribution in [0, 0.1) is 0 Å². The van der Waals surface area contributed by atoms with E-state index in [9.17, 15) is 9.59 Å². The van der Waals surface area contributed by atoms with Crippen LogP contribution in [0.2, 0.25) is 0 Å². The monoisotopic (exact) mass is 363 g/mol. The Bertz CT molecular complexity index is 653. The number of carbonyl (C=O) groups is 2. The number of hydrogen-bond donors (Lipinski definition) is 1. The van der Waals surface area contributed by atoms with Gasteiger partial charge in [0.1, 0.15) is 13.2 Å². The fraction of sp³-hybridized carbons (Fsp3) is 0.474. The minimum Gasteiger partial charge on any atom is -0.493 e. The third kappa shape index (κ3) is 5.68. The Balaban J connectivity index is 1.90. The summed E-state index contributed by atoms with van der Waals surface area (Å²) in [5.74, 6) is 0.731. The Hall–Kier alpha value is -2.70. The van der Waals surface area contributed by atoms with Gasteiger partial charge in [-0.15, -0.1) is 0 Å². The molecule has 0 bridgehead atoms. The van der Waals surface area contributed by atoms with E-state index < -0.39 is 5.97 Å². The summed E-state index contributed by atoms with van der Waals surface area (Å²) < 4.78 is 21.3. The number of benzene rings is 1. The van der Waals surface area contributed by atoms with Gasteiger partial charge in [0.05, 0.1) is 7.11 Å². The normalized spacial score (nSPS) is 14.0. The summed E-state index contributed by atoms with van der Waals surface area (Å²) in [5.41, 5.74) is 0.698. The summed E-state index contributed by atoms with van der Waals surface area (Å²) in [5, 5.41) is 2.77. The van der Waals surface area contributed by atoms with Gasteiger partial charge in [-0.1, -0.05) is 13.3 Å². The van der Waals surface area contributed by atoms with Crippen LogP contribution in [0.3, 0.4) is 0 Å². The van der Waals surface area contributed by atoms with Gasteiger partial charge in [0.15, 0.2) is 18.1 Å². The van der Waals surface area contributed by atoms with E-state index in [2.05, 4.69) is 5.32 Å². The molecule has 1 aromatic rings. The first-order valence-corrected chi connectivity index (χ1v) is 8.65. The highest BCUT2D eigenvalue weighted by atomic mass is 16.6. The van der Waals surface area contributed by atoms with Crippen LogP contribution >= 0.6 is 0 Å². The molecule has 1 atom stereocenters. The first-order valence-electron chi connectivity index (χ1n) is 8.65. The highest BCUT2D eigenvalue weighted by Gasteiger charge is 2.18. The van der Waals surface area contributed by atoms with Crippen molar-refractivity contribution in [1.82, 2.24) is 5.32 Å². The Morgan fingerprint density at radius 3 is 2.81 bits per heavy atom. The fourth-order valence-corrected chi connectivity index (χ4v) is 2.56. The number of ether oxygens (including phenoxy) is 4. The summed E-state index contributed by atoms with van der Waals surface area (Å²) in [7, 11) is 1.54. The summed E-state index contributed by atoms with van der Waals surface area (Å²) >= 11 is 0. The van der Waals surface area contributed by atoms with E-state index in [0.717, 1.165) is 12.8 Å². The Morgan fingerprint density at radius 1 is 1.31 bits per heavy atom. The molecular formula is C19H25NO6. The number of hydrogen-bond acceptors (Lipinski definition) is 6. The third-order valence-electron chi connectivity index (χ3n) is 3.74. The molecule has 26 heavy (non-hydrogen) atoms. The number of nitrogens with one attached hydrogen (secondary N) is 1. The third-order valence-corrected chi connectivity index (χ3v) is 3.74. The van der Waals surface area contributed by atoms with Crippen LogP contribution in [-0.2, 0) is 14.3 Å². The van der Waals surface area contributed by atoms with Gasteiger partial charge in [0.2, 0.25) is 5.75 Å². The number of methoxy groups -OCH3 is 1. The predicted molar refractivity (Wildman–Crippen MR) is 96.5 cm³/mol. The van der Waals surface area contributed by atoms with Crippen LogP contribution in [0.4, 0.5) is 0 Å². The zero-order valence-corrected chi connectivity index (χ0v) is 15.4. The van der Waals surface area contributed by atoms with Crippen LogP contribution in [0.5, 0.6) is 17.2 Å². The van der Waals surface area contributed by atoms with Crippen LogP contribution in [0.15, 0.2) is 18.2 Å². The lowest BCUT2D eigenvalue weighted by Crippen LogP contribution is -2.35. The topological polar surface area (TPSA) is 83.1 Å². The van der Waals surface area contributed by atoms with Gasteiger partial charge >= 0.3 is 5.97 Å². The molecule has 1 amide bonds. The molecule has 0 radical (unpaired) electrons. The quantitative estimate of drug-likeness (QED) is 0.564. The Kier molecular flexibility index (Phi) is 7.32. The van der Waals surface area contributed by atoms with Crippen LogP contribution in [-0.4, -0.2) is 44.8 Å². The van der Waals surface area contributed by atoms with Gasteiger partial charge in [-0.3, -0.25) is 4.79 Å². The molecule has 2 rings (SSSR count). The molecule has 0 aliphatic carbocycles. The van der Waals surface area contributed by atoms with Crippen molar-refractivity contribution >= 4 is 18.0 Å². The smallest absolute Gasteiger partial charge is 0.331 e. The van der Waals surface area contributed by atoms with E-state index in [1.165, 1.54) is 13.2 Å². The summed E-state index contributed by atoms with van der Waals surface area (Å²) in [4.78, 5) is 23.5. The Labute approximate surface area is 153 Å². The van der Waals surface area contributed by atoms with E-state index >= 15 is 0 Å². The molecule has 1 aromatic carbocycles. The number of fused-ring (bicyclic) bond motifs is 1. The van der Waals surface area contributed by atoms with Crippen molar-refractivity contribution < 1.29 is 28.5 Å². The first kappa shape index (κ1) is 19.6. The molecule has 0 aromatic heterocycles. The van der Waals surface area contributed by atoms with Crippen LogP contribution in [0.1, 0.15) is 32.3 Å². The number of carbonyl (C=O) groups excluding carboxylic acids is 2. The predicted octanol–water partition coefficient (Wildman–Crippen LogP) is 2.33. The van der Waals surface area contributed by atoms with Gasteiger partial charge < -0.3 is 24.3 Å². The largest absolute Gasteiger partial charge is 0.493 e. The lowest BCUT2D eigenvalue weighted by atomic mass is 10.1. The number of amides is 1. The maximum atomic E-state index is 11.8. The average molecular weight is 363 g/mol. The van der Waals surface area contributed by atoms with E-state index in [-0.39, 0.29) is 18.6 Å². The molecule has 1 heterocycles. The summed E-state index contributed by atoms with van der Waals surface area (Å²) in [6, 6.07) is 3.54. The fourth-order valence-electron chi connectivity index (χ4n) is 2.56. The lowest BCUT2D eigenvalue weighted by Gasteiger charge is -2.20. The molecule has 1 aliphatic heterocycles. The molecule has 0 saturated heterocycles. The summed E-state index contributed by atoms with van der Waals surface area (Å²) in [6.07, 6.45) is 4.68. The molecule has 0 spiro atoms. The van der Waals surface area contributed by atoms with Crippen molar-refractivity contribution in [3.05, 3.63) is 23.8 Å². The highest BCUT2D eigenvalue weighted by molar-refractivity contribution is 5.89. The van der Waals surface area contributed by atoms with Gasteiger partial charge in [0.25, 0.3) is 5.91 Å². The van der Waals surface area contributed by atoms with Crippen LogP contribution in [0.25, 0.3) is 6.08 Å². The van der Waals surface area contributed by atoms with Crippen molar-refractivity contribution in [2.75, 3.05) is 26.9 Å². The van der Waals surface area contributed by atoms with Crippen molar-refractivity contribution in [2.45, 2.75) is 32.7 Å². The molecule has 7 nitrogen and oxygen atoms in total. The van der Waals surface area contributed by atoms with Gasteiger partial charge in [-0.05, 0) is 37.1 Å². The molecular weight excluding hydrogens is 338 g/mol. The van der Waals surface area contributed by atoms with Crippen LogP contribution < -0.4 is 19.5 Å². The molecule has 0 unspecified atom stereocenters. The second-order valence-electron chi connectivity index (χ2n) is 5.95. The number of esters is 1. The van der Waals surface area contributed by atoms with Crippen molar-refractivity contribution in [3.8, 4) is 17.2 Å². The zero-order valence-electron chi connectivity index (χ0n) is 15.4.